The maximum atomic E-state index is 12.2. The van der Waals surface area contributed by atoms with Crippen LogP contribution in [-0.2, 0) is 15.9 Å². The summed E-state index contributed by atoms with van der Waals surface area (Å²) in [6.07, 6.45) is 3.34. The summed E-state index contributed by atoms with van der Waals surface area (Å²) >= 11 is 0. The third-order valence-corrected chi connectivity index (χ3v) is 8.25. The molecule has 5 unspecified atom stereocenters. The Hall–Kier alpha value is -1.31. The number of nitrogens with one attached hydrogen (secondary N) is 1. The van der Waals surface area contributed by atoms with Crippen molar-refractivity contribution in [2.24, 2.45) is 17.3 Å². The van der Waals surface area contributed by atoms with Crippen molar-refractivity contribution < 1.29 is 27.4 Å². The normalized spacial score (nSPS) is 31.1. The molecule has 2 saturated carbocycles. The van der Waals surface area contributed by atoms with Crippen molar-refractivity contribution in [3.8, 4) is 5.75 Å². The third kappa shape index (κ3) is 5.68. The Bertz CT molecular complexity index is 787. The summed E-state index contributed by atoms with van der Waals surface area (Å²) in [5, 5.41) is 3.11. The van der Waals surface area contributed by atoms with E-state index in [1.807, 2.05) is 7.05 Å². The van der Waals surface area contributed by atoms with Crippen LogP contribution in [0.15, 0.2) is 18.2 Å². The number of benzene rings is 1. The molecule has 33 heavy (non-hydrogen) atoms. The van der Waals surface area contributed by atoms with Crippen LogP contribution in [0.25, 0.3) is 0 Å². The van der Waals surface area contributed by atoms with Gasteiger partial charge in [-0.2, -0.15) is 13.2 Å². The van der Waals surface area contributed by atoms with Gasteiger partial charge in [0, 0.05) is 19.8 Å². The number of hydrogen-bond acceptors (Lipinski definition) is 4. The molecule has 0 heterocycles. The van der Waals surface area contributed by atoms with E-state index in [0.29, 0.717) is 37.4 Å². The average molecular weight is 470 g/mol. The van der Waals surface area contributed by atoms with Crippen molar-refractivity contribution in [3.05, 3.63) is 29.3 Å². The van der Waals surface area contributed by atoms with Crippen molar-refractivity contribution in [3.63, 3.8) is 0 Å². The zero-order valence-corrected chi connectivity index (χ0v) is 19.9. The van der Waals surface area contributed by atoms with Gasteiger partial charge in [0.1, 0.15) is 19.0 Å². The molecule has 0 spiro atoms. The van der Waals surface area contributed by atoms with Gasteiger partial charge in [-0.05, 0) is 98.4 Å². The molecule has 5 atom stereocenters. The fourth-order valence-corrected chi connectivity index (χ4v) is 6.72. The fraction of sp³-hybridized carbons (Fsp3) is 0.769. The minimum atomic E-state index is -4.26. The number of aryl methyl sites for hydroxylation is 1. The highest BCUT2D eigenvalue weighted by atomic mass is 19.4. The van der Waals surface area contributed by atoms with Crippen LogP contribution in [-0.4, -0.2) is 52.3 Å². The van der Waals surface area contributed by atoms with Crippen molar-refractivity contribution in [2.45, 2.75) is 70.1 Å². The summed E-state index contributed by atoms with van der Waals surface area (Å²) in [4.78, 5) is 0. The lowest BCUT2D eigenvalue weighted by molar-refractivity contribution is -0.175. The molecule has 0 amide bonds. The highest BCUT2D eigenvalue weighted by Crippen LogP contribution is 2.61. The van der Waals surface area contributed by atoms with Crippen molar-refractivity contribution >= 4 is 0 Å². The SMILES string of the molecule is CNCCOc1ccc2c(c1)CCC1C2CCC2(C)C(OCCCOCC(F)(F)F)CCC12. The molecule has 0 bridgehead atoms. The second kappa shape index (κ2) is 10.5. The molecule has 186 valence electrons. The number of ether oxygens (including phenoxy) is 3. The first kappa shape index (κ1) is 24.8. The van der Waals surface area contributed by atoms with Gasteiger partial charge in [-0.25, -0.2) is 0 Å². The number of rotatable bonds is 10. The van der Waals surface area contributed by atoms with E-state index in [1.54, 1.807) is 0 Å². The molecule has 0 saturated heterocycles. The van der Waals surface area contributed by atoms with E-state index >= 15 is 0 Å². The van der Waals surface area contributed by atoms with E-state index in [0.717, 1.165) is 31.6 Å². The standard InChI is InChI=1S/C26H38F3NO3/c1-25-11-10-21-20-7-5-19(32-15-12-30-2)16-18(20)4-6-22(21)23(25)8-9-24(25)33-14-3-13-31-17-26(27,28)29/h5,7,16,21-24,30H,3-4,6,8-15,17H2,1-2H3. The van der Waals surface area contributed by atoms with Gasteiger partial charge in [0.15, 0.2) is 0 Å². The predicted molar refractivity (Wildman–Crippen MR) is 122 cm³/mol. The Labute approximate surface area is 195 Å². The maximum Gasteiger partial charge on any atom is 0.411 e. The second-order valence-electron chi connectivity index (χ2n) is 10.2. The van der Waals surface area contributed by atoms with Gasteiger partial charge in [0.2, 0.25) is 0 Å². The van der Waals surface area contributed by atoms with Crippen molar-refractivity contribution in [2.75, 3.05) is 40.0 Å². The lowest BCUT2D eigenvalue weighted by atomic mass is 9.55. The monoisotopic (exact) mass is 469 g/mol. The molecule has 0 radical (unpaired) electrons. The van der Waals surface area contributed by atoms with Crippen LogP contribution in [0.2, 0.25) is 0 Å². The average Bonchev–Trinajstić information content (AvgIpc) is 3.11. The Morgan fingerprint density at radius 3 is 2.73 bits per heavy atom. The molecule has 3 aliphatic rings. The van der Waals surface area contributed by atoms with Crippen LogP contribution in [0.1, 0.15) is 62.5 Å². The summed E-state index contributed by atoms with van der Waals surface area (Å²) in [7, 11) is 1.93. The first-order valence-corrected chi connectivity index (χ1v) is 12.5. The summed E-state index contributed by atoms with van der Waals surface area (Å²) in [6.45, 7) is 3.29. The zero-order valence-electron chi connectivity index (χ0n) is 19.9. The van der Waals surface area contributed by atoms with Gasteiger partial charge in [0.25, 0.3) is 0 Å². The minimum absolute atomic E-state index is 0.0918. The number of halogens is 3. The van der Waals surface area contributed by atoms with E-state index < -0.39 is 12.8 Å². The smallest absolute Gasteiger partial charge is 0.411 e. The Balaban J connectivity index is 1.32. The van der Waals surface area contributed by atoms with E-state index in [1.165, 1.54) is 30.4 Å². The van der Waals surface area contributed by atoms with Gasteiger partial charge < -0.3 is 19.5 Å². The van der Waals surface area contributed by atoms with Gasteiger partial charge in [0.05, 0.1) is 6.10 Å². The fourth-order valence-electron chi connectivity index (χ4n) is 6.72. The molecular weight excluding hydrogens is 431 g/mol. The minimum Gasteiger partial charge on any atom is -0.492 e. The summed E-state index contributed by atoms with van der Waals surface area (Å²) in [5.74, 6) is 2.93. The van der Waals surface area contributed by atoms with Gasteiger partial charge in [-0.3, -0.25) is 0 Å². The molecule has 4 rings (SSSR count). The Morgan fingerprint density at radius 2 is 1.94 bits per heavy atom. The molecule has 1 aromatic carbocycles. The Kier molecular flexibility index (Phi) is 7.91. The van der Waals surface area contributed by atoms with Crippen molar-refractivity contribution in [1.82, 2.24) is 5.32 Å². The topological polar surface area (TPSA) is 39.7 Å². The number of alkyl halides is 3. The maximum absolute atomic E-state index is 12.2. The van der Waals surface area contributed by atoms with Crippen molar-refractivity contribution in [1.29, 1.82) is 0 Å². The van der Waals surface area contributed by atoms with E-state index in [-0.39, 0.29) is 18.1 Å². The van der Waals surface area contributed by atoms with E-state index in [2.05, 4.69) is 30.4 Å². The van der Waals surface area contributed by atoms with Crippen LogP contribution < -0.4 is 10.1 Å². The second-order valence-corrected chi connectivity index (χ2v) is 10.2. The van der Waals surface area contributed by atoms with Gasteiger partial charge in [-0.15, -0.1) is 0 Å². The third-order valence-electron chi connectivity index (χ3n) is 8.25. The Morgan fingerprint density at radius 1 is 1.09 bits per heavy atom. The molecule has 7 heteroatoms. The summed E-state index contributed by atoms with van der Waals surface area (Å²) in [5.41, 5.74) is 3.13. The molecule has 1 aromatic rings. The van der Waals surface area contributed by atoms with Gasteiger partial charge >= 0.3 is 6.18 Å². The molecule has 0 aliphatic heterocycles. The molecule has 1 N–H and O–H groups in total. The quantitative estimate of drug-likeness (QED) is 0.460. The summed E-state index contributed by atoms with van der Waals surface area (Å²) < 4.78 is 53.4. The number of hydrogen-bond donors (Lipinski definition) is 1. The predicted octanol–water partition coefficient (Wildman–Crippen LogP) is 5.50. The molecule has 3 aliphatic carbocycles. The van der Waals surface area contributed by atoms with Crippen LogP contribution in [0.5, 0.6) is 5.75 Å². The number of fused-ring (bicyclic) bond motifs is 5. The van der Waals surface area contributed by atoms with E-state index in [4.69, 9.17) is 14.2 Å². The lowest BCUT2D eigenvalue weighted by Crippen LogP contribution is -2.44. The molecule has 0 aromatic heterocycles. The number of likely N-dealkylation sites (N-methyl/N-ethyl adjacent to an activating group) is 1. The van der Waals surface area contributed by atoms with E-state index in [9.17, 15) is 13.2 Å². The van der Waals surface area contributed by atoms with Crippen LogP contribution >= 0.6 is 0 Å². The van der Waals surface area contributed by atoms with Crippen LogP contribution in [0, 0.1) is 17.3 Å². The lowest BCUT2D eigenvalue weighted by Gasteiger charge is -2.50. The first-order chi connectivity index (χ1) is 15.8. The molecule has 2 fully saturated rings. The van der Waals surface area contributed by atoms with Crippen LogP contribution in [0.3, 0.4) is 0 Å². The highest BCUT2D eigenvalue weighted by Gasteiger charge is 2.55. The molecular formula is C26H38F3NO3. The first-order valence-electron chi connectivity index (χ1n) is 12.5. The largest absolute Gasteiger partial charge is 0.492 e. The zero-order chi connectivity index (χ0) is 23.5. The molecule has 4 nitrogen and oxygen atoms in total. The van der Waals surface area contributed by atoms with Crippen LogP contribution in [0.4, 0.5) is 13.2 Å². The van der Waals surface area contributed by atoms with Gasteiger partial charge in [-0.1, -0.05) is 13.0 Å². The highest BCUT2D eigenvalue weighted by molar-refractivity contribution is 5.40. The summed E-state index contributed by atoms with van der Waals surface area (Å²) in [6, 6.07) is 6.68.